The van der Waals surface area contributed by atoms with Gasteiger partial charge in [-0.05, 0) is 30.4 Å². The van der Waals surface area contributed by atoms with Crippen LogP contribution in [0.25, 0.3) is 0 Å². The highest BCUT2D eigenvalue weighted by Gasteiger charge is 2.16. The predicted octanol–water partition coefficient (Wildman–Crippen LogP) is 4.63. The van der Waals surface area contributed by atoms with Crippen molar-refractivity contribution in [3.8, 4) is 0 Å². The molecule has 1 heteroatoms. The second-order valence-corrected chi connectivity index (χ2v) is 5.31. The highest BCUT2D eigenvalue weighted by Crippen LogP contribution is 2.27. The third kappa shape index (κ3) is 3.76. The number of hydrogen-bond donors (Lipinski definition) is 1. The van der Waals surface area contributed by atoms with Gasteiger partial charge in [-0.15, -0.1) is 0 Å². The maximum atomic E-state index is 3.56. The van der Waals surface area contributed by atoms with Gasteiger partial charge in [-0.2, -0.15) is 0 Å². The van der Waals surface area contributed by atoms with Gasteiger partial charge >= 0.3 is 0 Å². The van der Waals surface area contributed by atoms with E-state index >= 15 is 0 Å². The minimum atomic E-state index is 0.853. The number of benzene rings is 1. The molecule has 1 atom stereocenters. The van der Waals surface area contributed by atoms with Crippen molar-refractivity contribution >= 4 is 5.69 Å². The summed E-state index contributed by atoms with van der Waals surface area (Å²) < 4.78 is 0. The van der Waals surface area contributed by atoms with Gasteiger partial charge in [0.05, 0.1) is 0 Å². The van der Waals surface area contributed by atoms with Crippen LogP contribution in [0.1, 0.15) is 51.0 Å². The summed E-state index contributed by atoms with van der Waals surface area (Å²) in [5, 5.41) is 3.56. The summed E-state index contributed by atoms with van der Waals surface area (Å²) in [5.74, 6) is 0.853. The fourth-order valence-corrected chi connectivity index (χ4v) is 2.75. The smallest absolute Gasteiger partial charge is 0.0372 e. The van der Waals surface area contributed by atoms with Gasteiger partial charge in [0.15, 0.2) is 0 Å². The van der Waals surface area contributed by atoms with E-state index in [0.717, 1.165) is 5.92 Å². The Morgan fingerprint density at radius 2 is 1.94 bits per heavy atom. The summed E-state index contributed by atoms with van der Waals surface area (Å²) in [7, 11) is 0. The van der Waals surface area contributed by atoms with Crippen LogP contribution in [0.15, 0.2) is 24.3 Å². The quantitative estimate of drug-likeness (QED) is 0.704. The Bertz CT molecular complexity index is 332. The number of unbranched alkanes of at least 4 members (excludes halogenated alkanes) is 4. The molecule has 0 saturated carbocycles. The van der Waals surface area contributed by atoms with E-state index in [1.54, 1.807) is 0 Å². The Balaban J connectivity index is 1.71. The molecule has 17 heavy (non-hydrogen) atoms. The average molecular weight is 231 g/mol. The van der Waals surface area contributed by atoms with Gasteiger partial charge in [0.2, 0.25) is 0 Å². The van der Waals surface area contributed by atoms with Crippen LogP contribution >= 0.6 is 0 Å². The van der Waals surface area contributed by atoms with Crippen molar-refractivity contribution in [3.63, 3.8) is 0 Å². The number of fused-ring (bicyclic) bond motifs is 1. The molecule has 1 aliphatic rings. The lowest BCUT2D eigenvalue weighted by atomic mass is 9.90. The molecule has 1 N–H and O–H groups in total. The number of para-hydroxylation sites is 1. The zero-order valence-corrected chi connectivity index (χ0v) is 11.0. The van der Waals surface area contributed by atoms with Crippen LogP contribution in [0.4, 0.5) is 5.69 Å². The van der Waals surface area contributed by atoms with Crippen molar-refractivity contribution in [2.75, 3.05) is 11.9 Å². The Morgan fingerprint density at radius 1 is 1.12 bits per heavy atom. The molecule has 94 valence electrons. The number of anilines is 1. The van der Waals surface area contributed by atoms with Gasteiger partial charge in [-0.25, -0.2) is 0 Å². The van der Waals surface area contributed by atoms with E-state index in [1.807, 2.05) is 0 Å². The van der Waals surface area contributed by atoms with Crippen molar-refractivity contribution in [2.24, 2.45) is 5.92 Å². The molecule has 1 heterocycles. The van der Waals surface area contributed by atoms with Crippen molar-refractivity contribution < 1.29 is 0 Å². The van der Waals surface area contributed by atoms with Crippen LogP contribution in [-0.2, 0) is 6.42 Å². The molecule has 0 amide bonds. The lowest BCUT2D eigenvalue weighted by Crippen LogP contribution is -2.22. The summed E-state index contributed by atoms with van der Waals surface area (Å²) in [4.78, 5) is 0. The van der Waals surface area contributed by atoms with Crippen molar-refractivity contribution in [3.05, 3.63) is 29.8 Å². The lowest BCUT2D eigenvalue weighted by Gasteiger charge is -2.26. The van der Waals surface area contributed by atoms with Gasteiger partial charge in [-0.1, -0.05) is 57.2 Å². The summed E-state index contributed by atoms with van der Waals surface area (Å²) in [6.45, 7) is 3.45. The molecule has 1 aromatic carbocycles. The average Bonchev–Trinajstić information content (AvgIpc) is 2.38. The van der Waals surface area contributed by atoms with Crippen LogP contribution in [0.3, 0.4) is 0 Å². The first-order valence-corrected chi connectivity index (χ1v) is 7.22. The Hall–Kier alpha value is -0.980. The van der Waals surface area contributed by atoms with Crippen molar-refractivity contribution in [2.45, 2.75) is 51.9 Å². The molecule has 0 fully saturated rings. The monoisotopic (exact) mass is 231 g/mol. The van der Waals surface area contributed by atoms with Gasteiger partial charge < -0.3 is 5.32 Å². The molecule has 1 nitrogen and oxygen atoms in total. The molecule has 1 unspecified atom stereocenters. The fourth-order valence-electron chi connectivity index (χ4n) is 2.75. The second-order valence-electron chi connectivity index (χ2n) is 5.31. The minimum Gasteiger partial charge on any atom is -0.385 e. The summed E-state index contributed by atoms with van der Waals surface area (Å²) in [6, 6.07) is 8.75. The molecule has 0 spiro atoms. The normalized spacial score (nSPS) is 18.5. The topological polar surface area (TPSA) is 12.0 Å². The maximum absolute atomic E-state index is 3.56. The van der Waals surface area contributed by atoms with E-state index in [9.17, 15) is 0 Å². The Labute approximate surface area is 106 Å². The van der Waals surface area contributed by atoms with Crippen molar-refractivity contribution in [1.29, 1.82) is 0 Å². The van der Waals surface area contributed by atoms with Gasteiger partial charge in [-0.3, -0.25) is 0 Å². The van der Waals surface area contributed by atoms with E-state index in [2.05, 4.69) is 36.5 Å². The van der Waals surface area contributed by atoms with Crippen LogP contribution in [0.5, 0.6) is 0 Å². The van der Waals surface area contributed by atoms with E-state index in [4.69, 9.17) is 0 Å². The number of hydrogen-bond acceptors (Lipinski definition) is 1. The largest absolute Gasteiger partial charge is 0.385 e. The summed E-state index contributed by atoms with van der Waals surface area (Å²) in [5.41, 5.74) is 2.87. The van der Waals surface area contributed by atoms with Gasteiger partial charge in [0.25, 0.3) is 0 Å². The third-order valence-electron chi connectivity index (χ3n) is 3.82. The third-order valence-corrected chi connectivity index (χ3v) is 3.82. The predicted molar refractivity (Wildman–Crippen MR) is 75.5 cm³/mol. The van der Waals surface area contributed by atoms with E-state index in [1.165, 1.54) is 62.7 Å². The lowest BCUT2D eigenvalue weighted by molar-refractivity contribution is 0.459. The Morgan fingerprint density at radius 3 is 2.82 bits per heavy atom. The standard InChI is InChI=1S/C16H25N/c1-2-3-4-5-6-9-14-12-15-10-7-8-11-16(15)17-13-14/h7-8,10-11,14,17H,2-6,9,12-13H2,1H3. The molecule has 1 aromatic rings. The molecule has 0 bridgehead atoms. The van der Waals surface area contributed by atoms with E-state index in [0.29, 0.717) is 0 Å². The molecular weight excluding hydrogens is 206 g/mol. The van der Waals surface area contributed by atoms with Crippen molar-refractivity contribution in [1.82, 2.24) is 0 Å². The zero-order chi connectivity index (χ0) is 11.9. The summed E-state index contributed by atoms with van der Waals surface area (Å²) in [6.07, 6.45) is 9.68. The zero-order valence-electron chi connectivity index (χ0n) is 11.0. The highest BCUT2D eigenvalue weighted by atomic mass is 14.9. The minimum absolute atomic E-state index is 0.853. The maximum Gasteiger partial charge on any atom is 0.0372 e. The molecular formula is C16H25N. The molecule has 0 radical (unpaired) electrons. The highest BCUT2D eigenvalue weighted by molar-refractivity contribution is 5.53. The number of nitrogens with one attached hydrogen (secondary N) is 1. The van der Waals surface area contributed by atoms with Gasteiger partial charge in [0, 0.05) is 12.2 Å². The first-order chi connectivity index (χ1) is 8.40. The molecule has 0 saturated heterocycles. The summed E-state index contributed by atoms with van der Waals surface area (Å²) >= 11 is 0. The number of rotatable bonds is 6. The SMILES string of the molecule is CCCCCCCC1CNc2ccccc2C1. The molecule has 2 rings (SSSR count). The first-order valence-electron chi connectivity index (χ1n) is 7.22. The molecule has 0 aromatic heterocycles. The van der Waals surface area contributed by atoms with E-state index in [-0.39, 0.29) is 0 Å². The van der Waals surface area contributed by atoms with Crippen LogP contribution in [0.2, 0.25) is 0 Å². The fraction of sp³-hybridized carbons (Fsp3) is 0.625. The van der Waals surface area contributed by atoms with E-state index < -0.39 is 0 Å². The molecule has 0 aliphatic carbocycles. The second kappa shape index (κ2) is 6.68. The van der Waals surface area contributed by atoms with Crippen LogP contribution in [0, 0.1) is 5.92 Å². The van der Waals surface area contributed by atoms with Gasteiger partial charge in [0.1, 0.15) is 0 Å². The molecule has 1 aliphatic heterocycles. The Kier molecular flexibility index (Phi) is 4.90. The first kappa shape index (κ1) is 12.5. The van der Waals surface area contributed by atoms with Crippen LogP contribution in [-0.4, -0.2) is 6.54 Å². The van der Waals surface area contributed by atoms with Crippen LogP contribution < -0.4 is 5.32 Å².